The van der Waals surface area contributed by atoms with Crippen molar-refractivity contribution >= 4 is 34.7 Å². The van der Waals surface area contributed by atoms with Gasteiger partial charge in [0.25, 0.3) is 0 Å². The number of hydrogen-bond acceptors (Lipinski definition) is 7. The molecular formula is C25H32N8O2. The van der Waals surface area contributed by atoms with Gasteiger partial charge in [0.1, 0.15) is 0 Å². The highest BCUT2D eigenvalue weighted by Crippen LogP contribution is 2.22. The van der Waals surface area contributed by atoms with Gasteiger partial charge in [0.2, 0.25) is 17.8 Å². The van der Waals surface area contributed by atoms with E-state index in [-0.39, 0.29) is 11.8 Å². The number of amides is 2. The van der Waals surface area contributed by atoms with Crippen LogP contribution in [0, 0.1) is 0 Å². The summed E-state index contributed by atoms with van der Waals surface area (Å²) in [5.41, 5.74) is 2.59. The molecule has 2 saturated heterocycles. The first-order chi connectivity index (χ1) is 17.2. The summed E-state index contributed by atoms with van der Waals surface area (Å²) in [5.74, 6) is 1.66. The molecule has 2 aromatic heterocycles. The van der Waals surface area contributed by atoms with Gasteiger partial charge < -0.3 is 25.0 Å². The van der Waals surface area contributed by atoms with Crippen molar-refractivity contribution < 1.29 is 9.59 Å². The zero-order chi connectivity index (χ0) is 24.0. The Kier molecular flexibility index (Phi) is 7.06. The van der Waals surface area contributed by atoms with Crippen LogP contribution in [0.4, 0.5) is 11.8 Å². The average molecular weight is 477 g/mol. The first-order valence-corrected chi connectivity index (χ1v) is 12.5. The van der Waals surface area contributed by atoms with E-state index >= 15 is 0 Å². The van der Waals surface area contributed by atoms with Gasteiger partial charge in [0.15, 0.2) is 17.0 Å². The third-order valence-corrected chi connectivity index (χ3v) is 6.61. The average Bonchev–Trinajstić information content (AvgIpc) is 3.60. The fraction of sp³-hybridized carbons (Fsp3) is 0.480. The highest BCUT2D eigenvalue weighted by atomic mass is 16.2. The number of hydrogen-bond donors (Lipinski definition) is 2. The van der Waals surface area contributed by atoms with Crippen LogP contribution in [0.15, 0.2) is 36.7 Å². The first-order valence-electron chi connectivity index (χ1n) is 12.5. The molecule has 10 heteroatoms. The van der Waals surface area contributed by atoms with Gasteiger partial charge in [-0.2, -0.15) is 9.97 Å². The van der Waals surface area contributed by atoms with Crippen LogP contribution >= 0.6 is 0 Å². The molecule has 10 nitrogen and oxygen atoms in total. The van der Waals surface area contributed by atoms with Gasteiger partial charge in [-0.1, -0.05) is 30.3 Å². The van der Waals surface area contributed by atoms with Crippen molar-refractivity contribution in [2.24, 2.45) is 0 Å². The Morgan fingerprint density at radius 2 is 1.60 bits per heavy atom. The van der Waals surface area contributed by atoms with Crippen LogP contribution in [-0.2, 0) is 22.7 Å². The Bertz CT molecular complexity index is 1180. The number of fused-ring (bicyclic) bond motifs is 1. The summed E-state index contributed by atoms with van der Waals surface area (Å²) in [7, 11) is 0. The topological polar surface area (TPSA) is 108 Å². The fourth-order valence-corrected chi connectivity index (χ4v) is 4.67. The lowest BCUT2D eigenvalue weighted by Gasteiger charge is -2.16. The van der Waals surface area contributed by atoms with Gasteiger partial charge in [-0.3, -0.25) is 9.59 Å². The fourth-order valence-electron chi connectivity index (χ4n) is 4.67. The summed E-state index contributed by atoms with van der Waals surface area (Å²) in [6.07, 6.45) is 5.78. The second-order valence-electron chi connectivity index (χ2n) is 9.09. The highest BCUT2D eigenvalue weighted by molar-refractivity contribution is 5.84. The molecule has 0 spiro atoms. The zero-order valence-electron chi connectivity index (χ0n) is 19.9. The normalized spacial score (nSPS) is 16.0. The Morgan fingerprint density at radius 3 is 2.31 bits per heavy atom. The standard InChI is InChI=1S/C25H32N8O2/c34-20-9-4-12-31(20)14-6-11-26-25-29-23(27-17-19-7-2-1-3-8-19)22-24(30-25)33(18-28-22)16-15-32-13-5-10-21(32)35/h1-3,7-8,18H,4-6,9-17H2,(H2,26,27,29,30). The van der Waals surface area contributed by atoms with Crippen molar-refractivity contribution in [2.75, 3.05) is 43.4 Å². The van der Waals surface area contributed by atoms with Crippen molar-refractivity contribution in [2.45, 2.75) is 45.2 Å². The number of nitrogens with one attached hydrogen (secondary N) is 2. The largest absolute Gasteiger partial charge is 0.364 e. The molecule has 0 unspecified atom stereocenters. The predicted molar refractivity (Wildman–Crippen MR) is 134 cm³/mol. The molecule has 3 aromatic rings. The quantitative estimate of drug-likeness (QED) is 0.409. The van der Waals surface area contributed by atoms with E-state index in [4.69, 9.17) is 9.97 Å². The van der Waals surface area contributed by atoms with E-state index in [0.717, 1.165) is 50.1 Å². The molecule has 2 aliphatic heterocycles. The monoisotopic (exact) mass is 476 g/mol. The lowest BCUT2D eigenvalue weighted by molar-refractivity contribution is -0.128. The smallest absolute Gasteiger partial charge is 0.226 e. The van der Waals surface area contributed by atoms with E-state index in [0.29, 0.717) is 56.3 Å². The van der Waals surface area contributed by atoms with Gasteiger partial charge in [-0.15, -0.1) is 0 Å². The number of carbonyl (C=O) groups excluding carboxylic acids is 2. The lowest BCUT2D eigenvalue weighted by atomic mass is 10.2. The summed E-state index contributed by atoms with van der Waals surface area (Å²) in [6, 6.07) is 10.2. The van der Waals surface area contributed by atoms with Gasteiger partial charge in [0, 0.05) is 58.7 Å². The van der Waals surface area contributed by atoms with Crippen LogP contribution in [0.3, 0.4) is 0 Å². The summed E-state index contributed by atoms with van der Waals surface area (Å²) in [5, 5.41) is 6.75. The number of aromatic nitrogens is 4. The molecule has 4 heterocycles. The Hall–Kier alpha value is -3.69. The number of rotatable bonds is 11. The predicted octanol–water partition coefficient (Wildman–Crippen LogP) is 2.49. The van der Waals surface area contributed by atoms with E-state index in [1.165, 1.54) is 0 Å². The van der Waals surface area contributed by atoms with E-state index in [9.17, 15) is 9.59 Å². The van der Waals surface area contributed by atoms with Crippen LogP contribution in [0.2, 0.25) is 0 Å². The summed E-state index contributed by atoms with van der Waals surface area (Å²) in [6.45, 7) is 4.99. The minimum Gasteiger partial charge on any atom is -0.364 e. The molecule has 0 saturated carbocycles. The molecule has 2 amide bonds. The van der Waals surface area contributed by atoms with Crippen LogP contribution in [0.25, 0.3) is 11.2 Å². The Balaban J connectivity index is 1.30. The second-order valence-corrected chi connectivity index (χ2v) is 9.09. The van der Waals surface area contributed by atoms with Crippen molar-refractivity contribution in [3.05, 3.63) is 42.2 Å². The van der Waals surface area contributed by atoms with Gasteiger partial charge >= 0.3 is 0 Å². The third kappa shape index (κ3) is 5.52. The van der Waals surface area contributed by atoms with Crippen molar-refractivity contribution in [3.8, 4) is 0 Å². The van der Waals surface area contributed by atoms with E-state index < -0.39 is 0 Å². The number of anilines is 2. The Labute approximate surface area is 204 Å². The Morgan fingerprint density at radius 1 is 0.857 bits per heavy atom. The van der Waals surface area contributed by atoms with Gasteiger partial charge in [0.05, 0.1) is 6.33 Å². The molecular weight excluding hydrogens is 444 g/mol. The molecule has 2 fully saturated rings. The van der Waals surface area contributed by atoms with E-state index in [1.807, 2.05) is 32.6 Å². The third-order valence-electron chi connectivity index (χ3n) is 6.61. The summed E-state index contributed by atoms with van der Waals surface area (Å²) >= 11 is 0. The molecule has 0 aliphatic carbocycles. The molecule has 184 valence electrons. The number of nitrogens with zero attached hydrogens (tertiary/aromatic N) is 6. The SMILES string of the molecule is O=C1CCCN1CCCNc1nc(NCc2ccccc2)c2ncn(CCN3CCCC3=O)c2n1. The van der Waals surface area contributed by atoms with Crippen LogP contribution < -0.4 is 10.6 Å². The zero-order valence-corrected chi connectivity index (χ0v) is 19.9. The molecule has 2 N–H and O–H groups in total. The minimum absolute atomic E-state index is 0.216. The maximum Gasteiger partial charge on any atom is 0.226 e. The number of imidazole rings is 1. The van der Waals surface area contributed by atoms with E-state index in [2.05, 4.69) is 27.8 Å². The molecule has 35 heavy (non-hydrogen) atoms. The lowest BCUT2D eigenvalue weighted by Crippen LogP contribution is -2.28. The van der Waals surface area contributed by atoms with Gasteiger partial charge in [-0.25, -0.2) is 4.98 Å². The number of carbonyl (C=O) groups is 2. The molecule has 0 atom stereocenters. The molecule has 5 rings (SSSR count). The number of likely N-dealkylation sites (tertiary alicyclic amines) is 2. The molecule has 0 radical (unpaired) electrons. The highest BCUT2D eigenvalue weighted by Gasteiger charge is 2.21. The molecule has 0 bridgehead atoms. The van der Waals surface area contributed by atoms with Crippen molar-refractivity contribution in [3.63, 3.8) is 0 Å². The van der Waals surface area contributed by atoms with Gasteiger partial charge in [-0.05, 0) is 24.8 Å². The summed E-state index contributed by atoms with van der Waals surface area (Å²) in [4.78, 5) is 41.7. The van der Waals surface area contributed by atoms with Crippen molar-refractivity contribution in [1.29, 1.82) is 0 Å². The maximum atomic E-state index is 12.0. The molecule has 2 aliphatic rings. The maximum absolute atomic E-state index is 12.0. The van der Waals surface area contributed by atoms with Crippen molar-refractivity contribution in [1.82, 2.24) is 29.3 Å². The second kappa shape index (κ2) is 10.7. The minimum atomic E-state index is 0.216. The molecule has 1 aromatic carbocycles. The summed E-state index contributed by atoms with van der Waals surface area (Å²) < 4.78 is 1.99. The van der Waals surface area contributed by atoms with Crippen LogP contribution in [-0.4, -0.2) is 73.9 Å². The van der Waals surface area contributed by atoms with Crippen LogP contribution in [0.5, 0.6) is 0 Å². The van der Waals surface area contributed by atoms with Crippen LogP contribution in [0.1, 0.15) is 37.7 Å². The number of benzene rings is 1. The first kappa shape index (κ1) is 23.1. The van der Waals surface area contributed by atoms with E-state index in [1.54, 1.807) is 6.33 Å².